The largest absolute Gasteiger partial charge is 0.398 e. The summed E-state index contributed by atoms with van der Waals surface area (Å²) >= 11 is 0. The van der Waals surface area contributed by atoms with Crippen LogP contribution in [-0.4, -0.2) is 5.11 Å². The first-order chi connectivity index (χ1) is 18.2. The Labute approximate surface area is 223 Å². The van der Waals surface area contributed by atoms with Crippen LogP contribution in [0.5, 0.6) is 0 Å². The van der Waals surface area contributed by atoms with Gasteiger partial charge in [-0.25, -0.2) is 0 Å². The fourth-order valence-electron chi connectivity index (χ4n) is 5.30. The van der Waals surface area contributed by atoms with Crippen LogP contribution in [0.25, 0.3) is 32.7 Å². The number of para-hydroxylation sites is 1. The molecule has 1 aliphatic heterocycles. The normalized spacial score (nSPS) is 11.7. The van der Waals surface area contributed by atoms with Crippen LogP contribution in [-0.2, 0) is 13.2 Å². The van der Waals surface area contributed by atoms with Crippen molar-refractivity contribution >= 4 is 38.6 Å². The van der Waals surface area contributed by atoms with Gasteiger partial charge in [-0.1, -0.05) is 103 Å². The molecular weight excluding hydrogens is 466 g/mol. The van der Waals surface area contributed by atoms with Gasteiger partial charge in [0.15, 0.2) is 0 Å². The minimum absolute atomic E-state index is 0. The zero-order valence-electron chi connectivity index (χ0n) is 21.2. The average molecular weight is 498 g/mol. The molecule has 188 valence electrons. The number of hydrogen-bond donors (Lipinski definition) is 3. The Morgan fingerprint density at radius 1 is 0.632 bits per heavy atom. The van der Waals surface area contributed by atoms with Gasteiger partial charge in [0.2, 0.25) is 0 Å². The lowest BCUT2D eigenvalue weighted by molar-refractivity contribution is 0.282. The van der Waals surface area contributed by atoms with E-state index in [1.165, 1.54) is 44.0 Å². The van der Waals surface area contributed by atoms with Crippen LogP contribution in [0.15, 0.2) is 127 Å². The summed E-state index contributed by atoms with van der Waals surface area (Å²) in [5, 5.41) is 13.5. The van der Waals surface area contributed by atoms with E-state index in [9.17, 15) is 0 Å². The van der Waals surface area contributed by atoms with E-state index in [0.29, 0.717) is 0 Å². The summed E-state index contributed by atoms with van der Waals surface area (Å²) in [6.45, 7) is 0.993. The molecule has 1 aliphatic rings. The van der Waals surface area contributed by atoms with Crippen LogP contribution in [0.2, 0.25) is 0 Å². The van der Waals surface area contributed by atoms with E-state index >= 15 is 0 Å². The molecule has 0 aliphatic carbocycles. The van der Waals surface area contributed by atoms with Crippen molar-refractivity contribution in [1.82, 2.24) is 6.15 Å². The number of aliphatic hydroxyl groups is 1. The molecule has 0 atom stereocenters. The fraction of sp³-hybridized carbons (Fsp3) is 0.0588. The first-order valence-electron chi connectivity index (χ1n) is 12.5. The molecule has 4 nitrogen and oxygen atoms in total. The molecule has 0 saturated carbocycles. The molecular formula is C34H31N3O. The maximum Gasteiger partial charge on any atom is 0.0681 e. The van der Waals surface area contributed by atoms with Gasteiger partial charge in [-0.3, -0.25) is 0 Å². The van der Waals surface area contributed by atoms with Crippen molar-refractivity contribution in [1.29, 1.82) is 0 Å². The van der Waals surface area contributed by atoms with Crippen molar-refractivity contribution in [2.45, 2.75) is 13.2 Å². The van der Waals surface area contributed by atoms with E-state index in [0.717, 1.165) is 23.4 Å². The molecule has 6 aromatic carbocycles. The summed E-state index contributed by atoms with van der Waals surface area (Å²) in [5.74, 6) is 0. The molecule has 7 rings (SSSR count). The molecule has 38 heavy (non-hydrogen) atoms. The molecule has 0 amide bonds. The summed E-state index contributed by atoms with van der Waals surface area (Å²) in [4.78, 5) is 2.42. The number of aliphatic hydroxyl groups excluding tert-OH is 1. The number of nitrogens with two attached hydrogens (primary N) is 1. The topological polar surface area (TPSA) is 84.5 Å². The van der Waals surface area contributed by atoms with E-state index in [4.69, 9.17) is 10.8 Å². The van der Waals surface area contributed by atoms with E-state index < -0.39 is 0 Å². The summed E-state index contributed by atoms with van der Waals surface area (Å²) in [6, 6.07) is 43.8. The highest BCUT2D eigenvalue weighted by molar-refractivity contribution is 6.14. The molecule has 0 aromatic heterocycles. The zero-order chi connectivity index (χ0) is 25.2. The van der Waals surface area contributed by atoms with Gasteiger partial charge in [-0.15, -0.1) is 0 Å². The fourth-order valence-corrected chi connectivity index (χ4v) is 5.30. The molecule has 0 unspecified atom stereocenters. The van der Waals surface area contributed by atoms with Crippen LogP contribution in [0, 0.1) is 0 Å². The van der Waals surface area contributed by atoms with Gasteiger partial charge in [0.25, 0.3) is 0 Å². The Morgan fingerprint density at radius 3 is 1.92 bits per heavy atom. The average Bonchev–Trinajstić information content (AvgIpc) is 3.23. The maximum atomic E-state index is 8.54. The van der Waals surface area contributed by atoms with Crippen molar-refractivity contribution in [2.75, 3.05) is 10.6 Å². The second-order valence-electron chi connectivity index (χ2n) is 9.30. The number of nitrogens with zero attached hydrogens (tertiary/aromatic N) is 1. The molecule has 6 N–H and O–H groups in total. The smallest absolute Gasteiger partial charge is 0.0681 e. The Kier molecular flexibility index (Phi) is 7.09. The molecule has 0 saturated heterocycles. The van der Waals surface area contributed by atoms with Crippen molar-refractivity contribution in [3.63, 3.8) is 0 Å². The SMILES string of the molecule is N.Nc1ccc2ccccc2c1-c1c2cc3ccccc3c1N(c1ccccc1)C2.OCc1ccccc1. The predicted octanol–water partition coefficient (Wildman–Crippen LogP) is 8.23. The second kappa shape index (κ2) is 10.8. The van der Waals surface area contributed by atoms with Crippen molar-refractivity contribution < 1.29 is 5.11 Å². The number of nitrogen functional groups attached to an aromatic ring is 1. The Morgan fingerprint density at radius 2 is 1.24 bits per heavy atom. The molecule has 0 spiro atoms. The first kappa shape index (κ1) is 25.0. The highest BCUT2D eigenvalue weighted by atomic mass is 16.3. The number of rotatable bonds is 3. The first-order valence-corrected chi connectivity index (χ1v) is 12.5. The summed E-state index contributed by atoms with van der Waals surface area (Å²) < 4.78 is 0. The Bertz CT molecular complexity index is 1700. The van der Waals surface area contributed by atoms with Gasteiger partial charge in [0.1, 0.15) is 0 Å². The van der Waals surface area contributed by atoms with E-state index in [-0.39, 0.29) is 12.8 Å². The van der Waals surface area contributed by atoms with Crippen molar-refractivity contribution in [3.8, 4) is 11.1 Å². The van der Waals surface area contributed by atoms with Crippen LogP contribution in [0.3, 0.4) is 0 Å². The zero-order valence-corrected chi connectivity index (χ0v) is 21.2. The van der Waals surface area contributed by atoms with E-state index in [1.807, 2.05) is 36.4 Å². The highest BCUT2D eigenvalue weighted by Gasteiger charge is 2.30. The third-order valence-corrected chi connectivity index (χ3v) is 7.01. The van der Waals surface area contributed by atoms with Crippen LogP contribution in [0.1, 0.15) is 11.1 Å². The minimum atomic E-state index is 0. The predicted molar refractivity (Wildman–Crippen MR) is 161 cm³/mol. The molecule has 6 aromatic rings. The van der Waals surface area contributed by atoms with Gasteiger partial charge in [0.05, 0.1) is 12.3 Å². The molecule has 1 heterocycles. The quantitative estimate of drug-likeness (QED) is 0.215. The molecule has 0 fully saturated rings. The van der Waals surface area contributed by atoms with Gasteiger partial charge >= 0.3 is 0 Å². The lowest BCUT2D eigenvalue weighted by Gasteiger charge is -2.21. The van der Waals surface area contributed by atoms with Crippen LogP contribution >= 0.6 is 0 Å². The summed E-state index contributed by atoms with van der Waals surface area (Å²) in [5.41, 5.74) is 14.6. The van der Waals surface area contributed by atoms with E-state index in [2.05, 4.69) is 95.9 Å². The number of anilines is 3. The minimum Gasteiger partial charge on any atom is -0.398 e. The lowest BCUT2D eigenvalue weighted by Crippen LogP contribution is -2.10. The molecule has 0 radical (unpaired) electrons. The van der Waals surface area contributed by atoms with Gasteiger partial charge in [-0.05, 0) is 51.6 Å². The number of fused-ring (bicyclic) bond motifs is 5. The highest BCUT2D eigenvalue weighted by Crippen LogP contribution is 2.51. The van der Waals surface area contributed by atoms with Crippen molar-refractivity contribution in [3.05, 3.63) is 139 Å². The molecule has 4 heteroatoms. The monoisotopic (exact) mass is 497 g/mol. The summed E-state index contributed by atoms with van der Waals surface area (Å²) in [6.07, 6.45) is 0. The lowest BCUT2D eigenvalue weighted by atomic mass is 9.91. The number of benzene rings is 6. The van der Waals surface area contributed by atoms with E-state index in [1.54, 1.807) is 0 Å². The van der Waals surface area contributed by atoms with Crippen LogP contribution < -0.4 is 16.8 Å². The Hall–Kier alpha value is -4.64. The molecule has 2 bridgehead atoms. The van der Waals surface area contributed by atoms with Crippen LogP contribution in [0.4, 0.5) is 17.1 Å². The summed E-state index contributed by atoms with van der Waals surface area (Å²) in [7, 11) is 0. The maximum absolute atomic E-state index is 8.54. The van der Waals surface area contributed by atoms with Gasteiger partial charge in [-0.2, -0.15) is 0 Å². The van der Waals surface area contributed by atoms with Crippen molar-refractivity contribution in [2.24, 2.45) is 0 Å². The Balaban J connectivity index is 0.000000283. The third kappa shape index (κ3) is 4.48. The standard InChI is InChI=1S/C27H20N2.C7H8O.H3N/c28-24-15-14-18-8-4-6-12-22(18)26(24)25-20-16-19-9-5-7-13-23(19)27(25)29(17-20)21-10-2-1-3-11-21;8-6-7-4-2-1-3-5-7;/h1-16H,17,28H2;1-5,8H,6H2;1H3. The second-order valence-corrected chi connectivity index (χ2v) is 9.30. The number of hydrogen-bond acceptors (Lipinski definition) is 4. The third-order valence-electron chi connectivity index (χ3n) is 7.01. The van der Waals surface area contributed by atoms with Gasteiger partial charge < -0.3 is 21.9 Å². The van der Waals surface area contributed by atoms with Gasteiger partial charge in [0, 0.05) is 34.4 Å².